The Bertz CT molecular complexity index is 1180. The van der Waals surface area contributed by atoms with Gasteiger partial charge in [0.15, 0.2) is 17.3 Å². The van der Waals surface area contributed by atoms with Gasteiger partial charge in [-0.15, -0.1) is 5.10 Å². The molecular formula is C22H23N5O4. The lowest BCUT2D eigenvalue weighted by Gasteiger charge is -2.29. The molecule has 3 N–H and O–H groups in total. The largest absolute Gasteiger partial charge is 0.497 e. The SMILES string of the molecule is COc1cccc(-c2nc3n(n2)C(c2cccc(OC)c2OC)C(C(N)=O)=C(C)N3)c1. The summed E-state index contributed by atoms with van der Waals surface area (Å²) in [5.74, 6) is 2.12. The molecule has 31 heavy (non-hydrogen) atoms. The van der Waals surface area contributed by atoms with E-state index in [1.807, 2.05) is 36.4 Å². The minimum Gasteiger partial charge on any atom is -0.497 e. The van der Waals surface area contributed by atoms with Crippen molar-refractivity contribution in [3.05, 3.63) is 59.3 Å². The predicted octanol–water partition coefficient (Wildman–Crippen LogP) is 2.75. The van der Waals surface area contributed by atoms with E-state index in [1.165, 1.54) is 0 Å². The van der Waals surface area contributed by atoms with Crippen molar-refractivity contribution in [1.82, 2.24) is 14.8 Å². The highest BCUT2D eigenvalue weighted by molar-refractivity contribution is 5.95. The first-order valence-corrected chi connectivity index (χ1v) is 9.58. The van der Waals surface area contributed by atoms with Gasteiger partial charge in [0, 0.05) is 16.8 Å². The number of nitrogens with one attached hydrogen (secondary N) is 1. The summed E-state index contributed by atoms with van der Waals surface area (Å²) in [7, 11) is 4.71. The van der Waals surface area contributed by atoms with Crippen LogP contribution < -0.4 is 25.3 Å². The molecule has 1 aliphatic heterocycles. The number of amides is 1. The summed E-state index contributed by atoms with van der Waals surface area (Å²) in [6.45, 7) is 1.78. The Hall–Kier alpha value is -4.01. The van der Waals surface area contributed by atoms with Gasteiger partial charge in [-0.25, -0.2) is 4.68 Å². The van der Waals surface area contributed by atoms with Crippen molar-refractivity contribution in [2.45, 2.75) is 13.0 Å². The average Bonchev–Trinajstić information content (AvgIpc) is 3.20. The van der Waals surface area contributed by atoms with Crippen molar-refractivity contribution >= 4 is 11.9 Å². The second-order valence-corrected chi connectivity index (χ2v) is 6.95. The fraction of sp³-hybridized carbons (Fsp3) is 0.227. The van der Waals surface area contributed by atoms with Crippen molar-refractivity contribution in [1.29, 1.82) is 0 Å². The number of fused-ring (bicyclic) bond motifs is 1. The second-order valence-electron chi connectivity index (χ2n) is 6.95. The van der Waals surface area contributed by atoms with E-state index in [9.17, 15) is 4.79 Å². The molecule has 9 nitrogen and oxygen atoms in total. The number of methoxy groups -OCH3 is 3. The van der Waals surface area contributed by atoms with Gasteiger partial charge >= 0.3 is 0 Å². The van der Waals surface area contributed by atoms with Crippen LogP contribution in [-0.4, -0.2) is 42.0 Å². The van der Waals surface area contributed by atoms with E-state index in [2.05, 4.69) is 10.3 Å². The summed E-state index contributed by atoms with van der Waals surface area (Å²) in [5, 5.41) is 7.84. The van der Waals surface area contributed by atoms with Gasteiger partial charge < -0.3 is 25.3 Å². The molecule has 0 spiro atoms. The maximum Gasteiger partial charge on any atom is 0.248 e. The number of carbonyl (C=O) groups excluding carboxylic acids is 1. The first-order valence-electron chi connectivity index (χ1n) is 9.58. The summed E-state index contributed by atoms with van der Waals surface area (Å²) < 4.78 is 18.0. The van der Waals surface area contributed by atoms with Crippen LogP contribution >= 0.6 is 0 Å². The topological polar surface area (TPSA) is 114 Å². The van der Waals surface area contributed by atoms with Gasteiger partial charge in [-0.2, -0.15) is 4.98 Å². The van der Waals surface area contributed by atoms with Crippen LogP contribution in [0.5, 0.6) is 17.2 Å². The molecule has 1 aromatic heterocycles. The molecule has 4 rings (SSSR count). The van der Waals surface area contributed by atoms with Gasteiger partial charge in [0.1, 0.15) is 11.8 Å². The number of ether oxygens (including phenoxy) is 3. The summed E-state index contributed by atoms with van der Waals surface area (Å²) >= 11 is 0. The highest BCUT2D eigenvalue weighted by Gasteiger charge is 2.35. The number of carbonyl (C=O) groups is 1. The lowest BCUT2D eigenvalue weighted by atomic mass is 9.94. The molecule has 2 aromatic carbocycles. The van der Waals surface area contributed by atoms with Gasteiger partial charge in [0.2, 0.25) is 11.9 Å². The number of rotatable bonds is 6. The predicted molar refractivity (Wildman–Crippen MR) is 115 cm³/mol. The quantitative estimate of drug-likeness (QED) is 0.629. The van der Waals surface area contributed by atoms with Gasteiger partial charge in [-0.05, 0) is 25.1 Å². The lowest BCUT2D eigenvalue weighted by molar-refractivity contribution is -0.115. The Kier molecular flexibility index (Phi) is 5.24. The van der Waals surface area contributed by atoms with Crippen LogP contribution in [0.15, 0.2) is 53.7 Å². The van der Waals surface area contributed by atoms with Crippen LogP contribution in [0.25, 0.3) is 11.4 Å². The number of nitrogens with zero attached hydrogens (tertiary/aromatic N) is 3. The fourth-order valence-electron chi connectivity index (χ4n) is 3.77. The van der Waals surface area contributed by atoms with Crippen molar-refractivity contribution in [3.63, 3.8) is 0 Å². The van der Waals surface area contributed by atoms with Gasteiger partial charge in [-0.3, -0.25) is 4.79 Å². The van der Waals surface area contributed by atoms with Crippen LogP contribution in [0.2, 0.25) is 0 Å². The Morgan fingerprint density at radius 2 is 1.87 bits per heavy atom. The Morgan fingerprint density at radius 3 is 2.55 bits per heavy atom. The minimum absolute atomic E-state index is 0.362. The van der Waals surface area contributed by atoms with E-state index >= 15 is 0 Å². The Balaban J connectivity index is 1.92. The van der Waals surface area contributed by atoms with E-state index in [1.54, 1.807) is 39.0 Å². The molecule has 0 aliphatic carbocycles. The third kappa shape index (κ3) is 3.43. The molecule has 2 heterocycles. The highest BCUT2D eigenvalue weighted by atomic mass is 16.5. The summed E-state index contributed by atoms with van der Waals surface area (Å²) in [4.78, 5) is 17.1. The standard InChI is InChI=1S/C22H23N5O4/c1-12-17(20(23)28)18(15-9-6-10-16(30-3)19(15)31-4)27-22(24-12)25-21(26-27)13-7-5-8-14(11-13)29-2/h5-11,18H,1-4H3,(H2,23,28)(H,24,25,26). The van der Waals surface area contributed by atoms with Crippen LogP contribution in [0, 0.1) is 0 Å². The maximum atomic E-state index is 12.4. The molecule has 0 radical (unpaired) electrons. The van der Waals surface area contributed by atoms with Gasteiger partial charge in [-0.1, -0.05) is 24.3 Å². The fourth-order valence-corrected chi connectivity index (χ4v) is 3.77. The van der Waals surface area contributed by atoms with Gasteiger partial charge in [0.05, 0.1) is 26.9 Å². The van der Waals surface area contributed by atoms with Crippen molar-refractivity contribution in [2.75, 3.05) is 26.6 Å². The number of nitrogens with two attached hydrogens (primary N) is 1. The monoisotopic (exact) mass is 421 g/mol. The van der Waals surface area contributed by atoms with E-state index in [0.717, 1.165) is 5.56 Å². The number of hydrogen-bond donors (Lipinski definition) is 2. The van der Waals surface area contributed by atoms with E-state index in [4.69, 9.17) is 25.0 Å². The minimum atomic E-state index is -0.648. The molecule has 3 aromatic rings. The number of anilines is 1. The number of primary amides is 1. The average molecular weight is 421 g/mol. The van der Waals surface area contributed by atoms with E-state index in [-0.39, 0.29) is 0 Å². The zero-order valence-corrected chi connectivity index (χ0v) is 17.7. The van der Waals surface area contributed by atoms with Crippen molar-refractivity contribution in [3.8, 4) is 28.6 Å². The summed E-state index contributed by atoms with van der Waals surface area (Å²) in [6, 6.07) is 12.3. The first-order chi connectivity index (χ1) is 15.0. The van der Waals surface area contributed by atoms with Crippen LogP contribution in [0.3, 0.4) is 0 Å². The molecule has 0 bridgehead atoms. The van der Waals surface area contributed by atoms with Crippen LogP contribution in [-0.2, 0) is 4.79 Å². The second kappa shape index (κ2) is 8.02. The molecule has 1 amide bonds. The molecule has 1 unspecified atom stereocenters. The van der Waals surface area contributed by atoms with Gasteiger partial charge in [0.25, 0.3) is 0 Å². The zero-order chi connectivity index (χ0) is 22.1. The highest BCUT2D eigenvalue weighted by Crippen LogP contribution is 2.43. The molecule has 1 aliphatic rings. The number of hydrogen-bond acceptors (Lipinski definition) is 7. The Morgan fingerprint density at radius 1 is 1.10 bits per heavy atom. The molecule has 1 atom stereocenters. The van der Waals surface area contributed by atoms with Crippen LogP contribution in [0.1, 0.15) is 18.5 Å². The summed E-state index contributed by atoms with van der Waals surface area (Å²) in [6.07, 6.45) is 0. The van der Waals surface area contributed by atoms with E-state index in [0.29, 0.717) is 45.9 Å². The molecule has 0 fully saturated rings. The molecule has 160 valence electrons. The molecule has 9 heteroatoms. The van der Waals surface area contributed by atoms with Crippen molar-refractivity contribution < 1.29 is 19.0 Å². The number of benzene rings is 2. The first kappa shape index (κ1) is 20.3. The molecular weight excluding hydrogens is 398 g/mol. The lowest BCUT2D eigenvalue weighted by Crippen LogP contribution is -2.32. The number of para-hydroxylation sites is 1. The third-order valence-corrected chi connectivity index (χ3v) is 5.17. The summed E-state index contributed by atoms with van der Waals surface area (Å²) in [5.41, 5.74) is 8.19. The third-order valence-electron chi connectivity index (χ3n) is 5.17. The number of allylic oxidation sites excluding steroid dienone is 1. The van der Waals surface area contributed by atoms with E-state index < -0.39 is 11.9 Å². The normalized spacial score (nSPS) is 15.2. The molecule has 0 saturated carbocycles. The maximum absolute atomic E-state index is 12.4. The van der Waals surface area contributed by atoms with Crippen LogP contribution in [0.4, 0.5) is 5.95 Å². The molecule has 0 saturated heterocycles. The smallest absolute Gasteiger partial charge is 0.248 e. The Labute approximate surface area is 179 Å². The van der Waals surface area contributed by atoms with Crippen molar-refractivity contribution in [2.24, 2.45) is 5.73 Å². The zero-order valence-electron chi connectivity index (χ0n) is 17.7. The number of aromatic nitrogens is 3.